The first-order valence-electron chi connectivity index (χ1n) is 7.03. The number of hydrogen-bond acceptors (Lipinski definition) is 2. The first kappa shape index (κ1) is 12.4. The summed E-state index contributed by atoms with van der Waals surface area (Å²) in [5.74, 6) is 0.779. The molecule has 3 nitrogen and oxygen atoms in total. The standard InChI is InChI=1S/C16H20N2O/c1-13-5-4-8-17(9-13)12-18-10-14(11-19)15-6-2-3-7-16(15)18/h2-3,6-7,10-11,13H,4-5,8-9,12H2,1H3. The highest BCUT2D eigenvalue weighted by Gasteiger charge is 2.17. The van der Waals surface area contributed by atoms with E-state index in [0.717, 1.165) is 48.4 Å². The molecule has 3 rings (SSSR count). The Bertz CT molecular complexity index is 587. The van der Waals surface area contributed by atoms with Crippen LogP contribution in [0.2, 0.25) is 0 Å². The first-order chi connectivity index (χ1) is 9.28. The average Bonchev–Trinajstić information content (AvgIpc) is 2.77. The van der Waals surface area contributed by atoms with Crippen molar-refractivity contribution in [3.63, 3.8) is 0 Å². The van der Waals surface area contributed by atoms with Gasteiger partial charge in [0.1, 0.15) is 0 Å². The van der Waals surface area contributed by atoms with Crippen LogP contribution in [0.3, 0.4) is 0 Å². The molecule has 0 radical (unpaired) electrons. The van der Waals surface area contributed by atoms with E-state index in [1.165, 1.54) is 12.8 Å². The van der Waals surface area contributed by atoms with Crippen LogP contribution in [0.15, 0.2) is 30.5 Å². The van der Waals surface area contributed by atoms with Gasteiger partial charge in [-0.25, -0.2) is 0 Å². The Balaban J connectivity index is 1.90. The van der Waals surface area contributed by atoms with Crippen LogP contribution in [0, 0.1) is 5.92 Å². The second-order valence-corrected chi connectivity index (χ2v) is 5.66. The van der Waals surface area contributed by atoms with Gasteiger partial charge in [0.25, 0.3) is 0 Å². The molecule has 1 aromatic carbocycles. The quantitative estimate of drug-likeness (QED) is 0.788. The zero-order valence-electron chi connectivity index (χ0n) is 11.4. The minimum absolute atomic E-state index is 0.779. The van der Waals surface area contributed by atoms with E-state index in [-0.39, 0.29) is 0 Å². The van der Waals surface area contributed by atoms with Crippen molar-refractivity contribution in [3.8, 4) is 0 Å². The van der Waals surface area contributed by atoms with Crippen molar-refractivity contribution in [2.24, 2.45) is 5.92 Å². The summed E-state index contributed by atoms with van der Waals surface area (Å²) in [6, 6.07) is 8.14. The lowest BCUT2D eigenvalue weighted by Crippen LogP contribution is -2.35. The van der Waals surface area contributed by atoms with E-state index in [1.807, 2.05) is 24.4 Å². The highest BCUT2D eigenvalue weighted by Crippen LogP contribution is 2.22. The molecule has 100 valence electrons. The molecule has 0 aliphatic carbocycles. The lowest BCUT2D eigenvalue weighted by atomic mass is 10.0. The molecular formula is C16H20N2O. The number of rotatable bonds is 3. The first-order valence-corrected chi connectivity index (χ1v) is 7.03. The highest BCUT2D eigenvalue weighted by atomic mass is 16.1. The highest BCUT2D eigenvalue weighted by molar-refractivity contribution is 5.97. The monoisotopic (exact) mass is 256 g/mol. The Labute approximate surface area is 113 Å². The molecule has 0 bridgehead atoms. The number of para-hydroxylation sites is 1. The third-order valence-corrected chi connectivity index (χ3v) is 4.04. The number of likely N-dealkylation sites (tertiary alicyclic amines) is 1. The Morgan fingerprint density at radius 3 is 3.00 bits per heavy atom. The van der Waals surface area contributed by atoms with Gasteiger partial charge in [0.05, 0.1) is 6.67 Å². The van der Waals surface area contributed by atoms with Gasteiger partial charge in [-0.05, 0) is 31.4 Å². The van der Waals surface area contributed by atoms with E-state index in [1.54, 1.807) is 0 Å². The van der Waals surface area contributed by atoms with Gasteiger partial charge in [-0.1, -0.05) is 25.1 Å². The summed E-state index contributed by atoms with van der Waals surface area (Å²) in [6.45, 7) is 5.52. The van der Waals surface area contributed by atoms with Crippen LogP contribution in [0.25, 0.3) is 10.9 Å². The lowest BCUT2D eigenvalue weighted by molar-refractivity contribution is 0.112. The predicted octanol–water partition coefficient (Wildman–Crippen LogP) is 3.14. The number of benzene rings is 1. The topological polar surface area (TPSA) is 25.2 Å². The van der Waals surface area contributed by atoms with Crippen molar-refractivity contribution in [1.82, 2.24) is 9.47 Å². The van der Waals surface area contributed by atoms with E-state index in [9.17, 15) is 4.79 Å². The molecule has 19 heavy (non-hydrogen) atoms. The van der Waals surface area contributed by atoms with Crippen molar-refractivity contribution in [3.05, 3.63) is 36.0 Å². The number of hydrogen-bond donors (Lipinski definition) is 0. The molecular weight excluding hydrogens is 236 g/mol. The average molecular weight is 256 g/mol. The summed E-state index contributed by atoms with van der Waals surface area (Å²) in [6.07, 6.45) is 5.55. The zero-order chi connectivity index (χ0) is 13.2. The summed E-state index contributed by atoms with van der Waals surface area (Å²) < 4.78 is 2.21. The van der Waals surface area contributed by atoms with Crippen LogP contribution in [0.4, 0.5) is 0 Å². The molecule has 0 spiro atoms. The maximum absolute atomic E-state index is 11.2. The number of aromatic nitrogens is 1. The van der Waals surface area contributed by atoms with Crippen molar-refractivity contribution >= 4 is 17.2 Å². The van der Waals surface area contributed by atoms with E-state index < -0.39 is 0 Å². The predicted molar refractivity (Wildman–Crippen MR) is 77.3 cm³/mol. The maximum Gasteiger partial charge on any atom is 0.152 e. The van der Waals surface area contributed by atoms with Gasteiger partial charge >= 0.3 is 0 Å². The number of piperidine rings is 1. The molecule has 1 saturated heterocycles. The summed E-state index contributed by atoms with van der Waals surface area (Å²) in [4.78, 5) is 13.6. The number of nitrogens with zero attached hydrogens (tertiary/aromatic N) is 2. The van der Waals surface area contributed by atoms with Crippen LogP contribution in [0.5, 0.6) is 0 Å². The molecule has 0 amide bonds. The van der Waals surface area contributed by atoms with E-state index in [0.29, 0.717) is 0 Å². The molecule has 1 aromatic heterocycles. The summed E-state index contributed by atoms with van der Waals surface area (Å²) in [5, 5.41) is 1.06. The van der Waals surface area contributed by atoms with Gasteiger partial charge in [0, 0.05) is 29.2 Å². The van der Waals surface area contributed by atoms with Crippen LogP contribution in [-0.4, -0.2) is 28.8 Å². The molecule has 2 aromatic rings. The Kier molecular flexibility index (Phi) is 3.38. The van der Waals surface area contributed by atoms with Gasteiger partial charge in [-0.3, -0.25) is 9.69 Å². The number of fused-ring (bicyclic) bond motifs is 1. The van der Waals surface area contributed by atoms with Gasteiger partial charge in [0.15, 0.2) is 6.29 Å². The van der Waals surface area contributed by atoms with Gasteiger partial charge in [-0.15, -0.1) is 0 Å². The third-order valence-electron chi connectivity index (χ3n) is 4.04. The molecule has 1 fully saturated rings. The van der Waals surface area contributed by atoms with Gasteiger partial charge in [0.2, 0.25) is 0 Å². The van der Waals surface area contributed by atoms with Crippen LogP contribution >= 0.6 is 0 Å². The van der Waals surface area contributed by atoms with Crippen LogP contribution in [-0.2, 0) is 6.67 Å². The smallest absolute Gasteiger partial charge is 0.152 e. The van der Waals surface area contributed by atoms with Crippen LogP contribution < -0.4 is 0 Å². The molecule has 1 atom stereocenters. The molecule has 1 aliphatic rings. The van der Waals surface area contributed by atoms with Crippen LogP contribution in [0.1, 0.15) is 30.1 Å². The molecule has 1 aliphatic heterocycles. The molecule has 0 N–H and O–H groups in total. The minimum atomic E-state index is 0.779. The van der Waals surface area contributed by atoms with Gasteiger partial charge in [-0.2, -0.15) is 0 Å². The van der Waals surface area contributed by atoms with Crippen molar-refractivity contribution in [1.29, 1.82) is 0 Å². The molecule has 1 unspecified atom stereocenters. The Morgan fingerprint density at radius 2 is 2.21 bits per heavy atom. The number of aldehydes is 1. The summed E-state index contributed by atoms with van der Waals surface area (Å²) in [5.41, 5.74) is 1.95. The summed E-state index contributed by atoms with van der Waals surface area (Å²) in [7, 11) is 0. The Morgan fingerprint density at radius 1 is 1.37 bits per heavy atom. The van der Waals surface area contributed by atoms with E-state index >= 15 is 0 Å². The fourth-order valence-electron chi connectivity index (χ4n) is 3.12. The molecule has 0 saturated carbocycles. The normalized spacial score (nSPS) is 20.8. The Hall–Kier alpha value is -1.61. The van der Waals surface area contributed by atoms with Crippen molar-refractivity contribution in [2.75, 3.05) is 13.1 Å². The van der Waals surface area contributed by atoms with Gasteiger partial charge < -0.3 is 4.57 Å². The van der Waals surface area contributed by atoms with E-state index in [4.69, 9.17) is 0 Å². The van der Waals surface area contributed by atoms with Crippen molar-refractivity contribution in [2.45, 2.75) is 26.4 Å². The maximum atomic E-state index is 11.2. The summed E-state index contributed by atoms with van der Waals surface area (Å²) >= 11 is 0. The fourth-order valence-corrected chi connectivity index (χ4v) is 3.12. The van der Waals surface area contributed by atoms with E-state index in [2.05, 4.69) is 22.5 Å². The second kappa shape index (κ2) is 5.17. The zero-order valence-corrected chi connectivity index (χ0v) is 11.4. The molecule has 3 heteroatoms. The fraction of sp³-hybridized carbons (Fsp3) is 0.438. The SMILES string of the molecule is CC1CCCN(Cn2cc(C=O)c3ccccc32)C1. The third kappa shape index (κ3) is 2.43. The number of carbonyl (C=O) groups is 1. The largest absolute Gasteiger partial charge is 0.333 e. The lowest BCUT2D eigenvalue weighted by Gasteiger charge is -2.31. The second-order valence-electron chi connectivity index (χ2n) is 5.66. The minimum Gasteiger partial charge on any atom is -0.333 e. The van der Waals surface area contributed by atoms with Crippen molar-refractivity contribution < 1.29 is 4.79 Å². The number of carbonyl (C=O) groups excluding carboxylic acids is 1. The molecule has 2 heterocycles.